The molecule has 160 valence electrons. The van der Waals surface area contributed by atoms with Gasteiger partial charge in [0.15, 0.2) is 0 Å². The molecule has 8 heteroatoms. The van der Waals surface area contributed by atoms with Crippen molar-refractivity contribution in [2.24, 2.45) is 35.5 Å². The van der Waals surface area contributed by atoms with Crippen molar-refractivity contribution in [3.8, 4) is 0 Å². The first kappa shape index (κ1) is 18.9. The summed E-state index contributed by atoms with van der Waals surface area (Å²) in [7, 11) is 0. The summed E-state index contributed by atoms with van der Waals surface area (Å²) >= 11 is 0. The molecule has 2 aromatic rings. The van der Waals surface area contributed by atoms with Crippen molar-refractivity contribution >= 4 is 34.8 Å². The van der Waals surface area contributed by atoms with Crippen molar-refractivity contribution in [2.45, 2.75) is 6.42 Å². The van der Waals surface area contributed by atoms with E-state index < -0.39 is 10.8 Å². The van der Waals surface area contributed by atoms with Crippen molar-refractivity contribution in [3.05, 3.63) is 76.4 Å². The van der Waals surface area contributed by atoms with Gasteiger partial charge in [-0.3, -0.25) is 24.5 Å². The molecule has 2 bridgehead atoms. The number of carbonyl (C=O) groups is 3. The summed E-state index contributed by atoms with van der Waals surface area (Å²) in [6.07, 6.45) is 5.35. The van der Waals surface area contributed by atoms with Gasteiger partial charge in [-0.1, -0.05) is 24.3 Å². The van der Waals surface area contributed by atoms with Crippen LogP contribution >= 0.6 is 0 Å². The molecule has 0 unspecified atom stereocenters. The number of hydrogen-bond acceptors (Lipinski definition) is 5. The van der Waals surface area contributed by atoms with Gasteiger partial charge in [-0.15, -0.1) is 0 Å². The summed E-state index contributed by atoms with van der Waals surface area (Å²) in [4.78, 5) is 51.0. The lowest BCUT2D eigenvalue weighted by Gasteiger charge is -2.37. The van der Waals surface area contributed by atoms with Crippen LogP contribution in [0.25, 0.3) is 0 Å². The lowest BCUT2D eigenvalue weighted by atomic mass is 9.63. The van der Waals surface area contributed by atoms with Gasteiger partial charge in [-0.25, -0.2) is 4.90 Å². The third-order valence-corrected chi connectivity index (χ3v) is 7.34. The minimum absolute atomic E-state index is 0.131. The van der Waals surface area contributed by atoms with Gasteiger partial charge >= 0.3 is 0 Å². The Balaban J connectivity index is 1.27. The minimum Gasteiger partial charge on any atom is -0.322 e. The Morgan fingerprint density at radius 3 is 2.28 bits per heavy atom. The number of nitro groups is 1. The maximum absolute atomic E-state index is 13.3. The zero-order valence-electron chi connectivity index (χ0n) is 16.9. The number of anilines is 2. The van der Waals surface area contributed by atoms with E-state index in [-0.39, 0.29) is 52.4 Å². The lowest BCUT2D eigenvalue weighted by molar-refractivity contribution is -0.384. The van der Waals surface area contributed by atoms with Crippen molar-refractivity contribution in [2.75, 3.05) is 10.2 Å². The van der Waals surface area contributed by atoms with Gasteiger partial charge in [0.25, 0.3) is 11.6 Å². The number of amides is 3. The highest BCUT2D eigenvalue weighted by Gasteiger charge is 2.67. The third-order valence-electron chi connectivity index (χ3n) is 7.34. The molecule has 4 aliphatic carbocycles. The molecule has 3 amide bonds. The van der Waals surface area contributed by atoms with Crippen LogP contribution in [0.2, 0.25) is 0 Å². The van der Waals surface area contributed by atoms with E-state index in [0.29, 0.717) is 17.5 Å². The van der Waals surface area contributed by atoms with Crippen LogP contribution in [0.15, 0.2) is 60.7 Å². The number of allylic oxidation sites excluding steroid dienone is 2. The van der Waals surface area contributed by atoms with E-state index in [0.717, 1.165) is 6.42 Å². The molecule has 32 heavy (non-hydrogen) atoms. The van der Waals surface area contributed by atoms with Gasteiger partial charge in [-0.2, -0.15) is 0 Å². The van der Waals surface area contributed by atoms with E-state index in [2.05, 4.69) is 17.5 Å². The van der Waals surface area contributed by atoms with E-state index in [1.165, 1.54) is 29.2 Å². The molecular formula is C24H19N3O5. The SMILES string of the molecule is O=C(Nc1cccc([N+](=O)[O-])c1)c1cccc(N2C(=O)[C@@H]3[C@H]4C=C[C@@H]([C@@H]5C[C@H]45)[C@@H]3C2=O)c1. The fraction of sp³-hybridized carbons (Fsp3) is 0.292. The average Bonchev–Trinajstić information content (AvgIpc) is 3.57. The van der Waals surface area contributed by atoms with E-state index >= 15 is 0 Å². The summed E-state index contributed by atoms with van der Waals surface area (Å²) in [5.41, 5.74) is 0.798. The van der Waals surface area contributed by atoms with Crippen LogP contribution in [0.5, 0.6) is 0 Å². The molecule has 0 aromatic heterocycles. The molecule has 1 saturated heterocycles. The second-order valence-electron chi connectivity index (χ2n) is 8.98. The zero-order chi connectivity index (χ0) is 22.1. The second kappa shape index (κ2) is 6.59. The van der Waals surface area contributed by atoms with Crippen molar-refractivity contribution < 1.29 is 19.3 Å². The number of nitrogens with zero attached hydrogens (tertiary/aromatic N) is 2. The molecule has 1 aliphatic heterocycles. The molecule has 8 nitrogen and oxygen atoms in total. The van der Waals surface area contributed by atoms with Gasteiger partial charge < -0.3 is 5.32 Å². The highest BCUT2D eigenvalue weighted by Crippen LogP contribution is 2.65. The molecule has 2 aromatic carbocycles. The number of non-ortho nitro benzene ring substituents is 1. The fourth-order valence-electron chi connectivity index (χ4n) is 5.90. The number of hydrogen-bond donors (Lipinski definition) is 1. The molecule has 0 radical (unpaired) electrons. The first-order valence-electron chi connectivity index (χ1n) is 10.7. The maximum atomic E-state index is 13.3. The number of carbonyl (C=O) groups excluding carboxylic acids is 3. The topological polar surface area (TPSA) is 110 Å². The van der Waals surface area contributed by atoms with Crippen LogP contribution in [-0.4, -0.2) is 22.6 Å². The monoisotopic (exact) mass is 429 g/mol. The number of nitrogens with one attached hydrogen (secondary N) is 1. The summed E-state index contributed by atoms with van der Waals surface area (Å²) in [6.45, 7) is 0. The molecular weight excluding hydrogens is 410 g/mol. The van der Waals surface area contributed by atoms with E-state index in [4.69, 9.17) is 0 Å². The molecule has 3 fully saturated rings. The number of benzene rings is 2. The third kappa shape index (κ3) is 2.65. The second-order valence-corrected chi connectivity index (χ2v) is 8.98. The van der Waals surface area contributed by atoms with Crippen molar-refractivity contribution in [1.82, 2.24) is 0 Å². The Bertz CT molecular complexity index is 1200. The zero-order valence-corrected chi connectivity index (χ0v) is 16.9. The van der Waals surface area contributed by atoms with Gasteiger partial charge in [0, 0.05) is 23.4 Å². The molecule has 1 N–H and O–H groups in total. The van der Waals surface area contributed by atoms with Crippen LogP contribution in [0.3, 0.4) is 0 Å². The molecule has 2 saturated carbocycles. The van der Waals surface area contributed by atoms with Crippen LogP contribution in [0.4, 0.5) is 17.1 Å². The molecule has 5 aliphatic rings. The smallest absolute Gasteiger partial charge is 0.271 e. The standard InChI is InChI=1S/C24H19N3O5/c28-22(25-13-4-2-6-15(10-13)27(31)32)12-3-1-5-14(9-12)26-23(29)20-16-7-8-17(19-11-18(16)19)21(20)24(26)30/h1-10,16-21H,11H2,(H,25,28)/t16-,17-,18-,19+,20-,21+/m0/s1. The van der Waals surface area contributed by atoms with Crippen LogP contribution in [-0.2, 0) is 9.59 Å². The van der Waals surface area contributed by atoms with Crippen LogP contribution in [0.1, 0.15) is 16.8 Å². The van der Waals surface area contributed by atoms with Crippen molar-refractivity contribution in [3.63, 3.8) is 0 Å². The number of imide groups is 1. The first-order chi connectivity index (χ1) is 15.4. The summed E-state index contributed by atoms with van der Waals surface area (Å²) in [5.74, 6) is -0.125. The molecule has 7 rings (SSSR count). The molecule has 1 heterocycles. The Morgan fingerprint density at radius 1 is 0.969 bits per heavy atom. The highest BCUT2D eigenvalue weighted by atomic mass is 16.6. The normalized spacial score (nSPS) is 31.3. The minimum atomic E-state index is -0.535. The Labute approximate surface area is 183 Å². The highest BCUT2D eigenvalue weighted by molar-refractivity contribution is 6.23. The predicted octanol–water partition coefficient (Wildman–Crippen LogP) is 3.40. The van der Waals surface area contributed by atoms with Crippen molar-refractivity contribution in [1.29, 1.82) is 0 Å². The summed E-state index contributed by atoms with van der Waals surface area (Å²) in [5, 5.41) is 13.6. The van der Waals surface area contributed by atoms with Crippen LogP contribution in [0, 0.1) is 45.6 Å². The maximum Gasteiger partial charge on any atom is 0.271 e. The lowest BCUT2D eigenvalue weighted by Crippen LogP contribution is -2.40. The number of nitro benzene ring substituents is 1. The largest absolute Gasteiger partial charge is 0.322 e. The fourth-order valence-corrected chi connectivity index (χ4v) is 5.90. The van der Waals surface area contributed by atoms with Gasteiger partial charge in [0.1, 0.15) is 0 Å². The van der Waals surface area contributed by atoms with E-state index in [1.54, 1.807) is 24.3 Å². The van der Waals surface area contributed by atoms with E-state index in [1.807, 2.05) is 0 Å². The molecule has 6 atom stereocenters. The van der Waals surface area contributed by atoms with Gasteiger partial charge in [0.05, 0.1) is 22.4 Å². The predicted molar refractivity (Wildman–Crippen MR) is 115 cm³/mol. The Hall–Kier alpha value is -3.81. The Kier molecular flexibility index (Phi) is 3.90. The summed E-state index contributed by atoms with van der Waals surface area (Å²) < 4.78 is 0. The van der Waals surface area contributed by atoms with Gasteiger partial charge in [0.2, 0.25) is 11.8 Å². The van der Waals surface area contributed by atoms with Gasteiger partial charge in [-0.05, 0) is 54.4 Å². The molecule has 0 spiro atoms. The quantitative estimate of drug-likeness (QED) is 0.347. The average molecular weight is 429 g/mol. The van der Waals surface area contributed by atoms with Crippen LogP contribution < -0.4 is 10.2 Å². The van der Waals surface area contributed by atoms with E-state index in [9.17, 15) is 24.5 Å². The first-order valence-corrected chi connectivity index (χ1v) is 10.7. The summed E-state index contributed by atoms with van der Waals surface area (Å²) in [6, 6.07) is 12.0. The Morgan fingerprint density at radius 2 is 1.62 bits per heavy atom. The number of rotatable bonds is 4.